The van der Waals surface area contributed by atoms with Gasteiger partial charge in [0.05, 0.1) is 6.04 Å². The van der Waals surface area contributed by atoms with Gasteiger partial charge in [0.25, 0.3) is 0 Å². The number of nitrogens with zero attached hydrogens (tertiary/aromatic N) is 1. The molecule has 3 heteroatoms. The second-order valence-electron chi connectivity index (χ2n) is 6.15. The van der Waals surface area contributed by atoms with Crippen LogP contribution in [0.4, 0.5) is 0 Å². The van der Waals surface area contributed by atoms with Crippen molar-refractivity contribution < 1.29 is 5.11 Å². The number of piperazine rings is 1. The molecule has 3 rings (SSSR count). The Kier molecular flexibility index (Phi) is 4.24. The fourth-order valence-corrected chi connectivity index (χ4v) is 3.23. The fourth-order valence-electron chi connectivity index (χ4n) is 3.23. The van der Waals surface area contributed by atoms with Gasteiger partial charge in [0.1, 0.15) is 5.60 Å². The molecule has 0 spiro atoms. The number of rotatable bonds is 3. The van der Waals surface area contributed by atoms with Crippen LogP contribution < -0.4 is 5.32 Å². The summed E-state index contributed by atoms with van der Waals surface area (Å²) in [4.78, 5) is 2.41. The first-order valence-corrected chi connectivity index (χ1v) is 7.74. The van der Waals surface area contributed by atoms with Crippen LogP contribution in [-0.4, -0.2) is 41.3 Å². The number of allylic oxidation sites excluding steroid dienone is 2. The third kappa shape index (κ3) is 3.26. The van der Waals surface area contributed by atoms with Crippen LogP contribution in [0, 0.1) is 0 Å². The highest BCUT2D eigenvalue weighted by atomic mass is 16.3. The monoisotopic (exact) mass is 284 g/mol. The van der Waals surface area contributed by atoms with Crippen molar-refractivity contribution in [1.82, 2.24) is 10.2 Å². The summed E-state index contributed by atoms with van der Waals surface area (Å²) in [7, 11) is 0. The summed E-state index contributed by atoms with van der Waals surface area (Å²) in [5.74, 6) is 0. The van der Waals surface area contributed by atoms with Crippen LogP contribution in [-0.2, 0) is 6.54 Å². The lowest BCUT2D eigenvalue weighted by molar-refractivity contribution is -0.0237. The van der Waals surface area contributed by atoms with Gasteiger partial charge in [-0.2, -0.15) is 0 Å². The quantitative estimate of drug-likeness (QED) is 0.892. The molecule has 112 valence electrons. The standard InChI is InChI=1S/C18H24N2O/c1-15-7-9-18(21,10-8-15)17-13-19-11-12-20(17)14-16-5-3-2-4-6-16/h2-9,17,19,21H,10-14H2,1H3/t17-,18-/m1/s1. The van der Waals surface area contributed by atoms with Crippen molar-refractivity contribution in [2.45, 2.75) is 31.5 Å². The van der Waals surface area contributed by atoms with Crippen LogP contribution in [0.15, 0.2) is 54.1 Å². The molecule has 0 aromatic heterocycles. The molecule has 3 nitrogen and oxygen atoms in total. The van der Waals surface area contributed by atoms with Gasteiger partial charge in [0.15, 0.2) is 0 Å². The molecule has 1 aromatic rings. The van der Waals surface area contributed by atoms with Crippen LogP contribution in [0.1, 0.15) is 18.9 Å². The Labute approximate surface area is 127 Å². The Bertz CT molecular complexity index is 537. The molecule has 1 saturated heterocycles. The molecule has 0 saturated carbocycles. The third-order valence-corrected chi connectivity index (χ3v) is 4.55. The van der Waals surface area contributed by atoms with Gasteiger partial charge in [0, 0.05) is 26.2 Å². The Morgan fingerprint density at radius 2 is 2.14 bits per heavy atom. The first-order chi connectivity index (χ1) is 10.2. The molecule has 1 heterocycles. The number of nitrogens with one attached hydrogen (secondary N) is 1. The van der Waals surface area contributed by atoms with Crippen LogP contribution in [0.3, 0.4) is 0 Å². The highest BCUT2D eigenvalue weighted by Gasteiger charge is 2.39. The van der Waals surface area contributed by atoms with Gasteiger partial charge in [0.2, 0.25) is 0 Å². The van der Waals surface area contributed by atoms with E-state index in [0.717, 1.165) is 26.2 Å². The Morgan fingerprint density at radius 1 is 1.33 bits per heavy atom. The molecule has 1 fully saturated rings. The minimum Gasteiger partial charge on any atom is -0.384 e. The number of hydrogen-bond donors (Lipinski definition) is 2. The van der Waals surface area contributed by atoms with E-state index in [2.05, 4.69) is 47.5 Å². The normalized spacial score (nSPS) is 30.2. The summed E-state index contributed by atoms with van der Waals surface area (Å²) in [5.41, 5.74) is 1.78. The van der Waals surface area contributed by atoms with Crippen LogP contribution in [0.2, 0.25) is 0 Å². The second kappa shape index (κ2) is 6.14. The summed E-state index contributed by atoms with van der Waals surface area (Å²) in [6.07, 6.45) is 6.86. The summed E-state index contributed by atoms with van der Waals surface area (Å²) in [6, 6.07) is 10.6. The largest absolute Gasteiger partial charge is 0.384 e. The van der Waals surface area contributed by atoms with E-state index in [1.54, 1.807) is 0 Å². The molecule has 2 aliphatic rings. The van der Waals surface area contributed by atoms with Crippen molar-refractivity contribution in [1.29, 1.82) is 0 Å². The van der Waals surface area contributed by atoms with Crippen molar-refractivity contribution in [3.05, 3.63) is 59.7 Å². The topological polar surface area (TPSA) is 35.5 Å². The van der Waals surface area contributed by atoms with Gasteiger partial charge in [-0.05, 0) is 18.9 Å². The van der Waals surface area contributed by atoms with Crippen LogP contribution in [0.25, 0.3) is 0 Å². The second-order valence-corrected chi connectivity index (χ2v) is 6.15. The summed E-state index contributed by atoms with van der Waals surface area (Å²) in [5, 5.41) is 14.5. The lowest BCUT2D eigenvalue weighted by atomic mass is 9.83. The molecule has 2 N–H and O–H groups in total. The number of hydrogen-bond acceptors (Lipinski definition) is 3. The highest BCUT2D eigenvalue weighted by molar-refractivity contribution is 5.28. The molecular weight excluding hydrogens is 260 g/mol. The molecule has 0 amide bonds. The molecule has 1 aliphatic heterocycles. The Morgan fingerprint density at radius 3 is 2.86 bits per heavy atom. The van der Waals surface area contributed by atoms with E-state index in [-0.39, 0.29) is 6.04 Å². The van der Waals surface area contributed by atoms with Crippen molar-refractivity contribution in [2.24, 2.45) is 0 Å². The first kappa shape index (κ1) is 14.5. The van der Waals surface area contributed by atoms with Gasteiger partial charge in [-0.25, -0.2) is 0 Å². The smallest absolute Gasteiger partial charge is 0.103 e. The summed E-state index contributed by atoms with van der Waals surface area (Å²) >= 11 is 0. The van der Waals surface area contributed by atoms with E-state index >= 15 is 0 Å². The minimum absolute atomic E-state index is 0.118. The van der Waals surface area contributed by atoms with E-state index in [4.69, 9.17) is 0 Å². The lowest BCUT2D eigenvalue weighted by Gasteiger charge is -2.45. The van der Waals surface area contributed by atoms with E-state index in [0.29, 0.717) is 6.42 Å². The zero-order chi connectivity index (χ0) is 14.7. The summed E-state index contributed by atoms with van der Waals surface area (Å²) in [6.45, 7) is 5.76. The number of benzene rings is 1. The van der Waals surface area contributed by atoms with E-state index in [1.807, 2.05) is 18.2 Å². The molecule has 0 unspecified atom stereocenters. The molecule has 0 bridgehead atoms. The van der Waals surface area contributed by atoms with E-state index < -0.39 is 5.60 Å². The number of aliphatic hydroxyl groups is 1. The third-order valence-electron chi connectivity index (χ3n) is 4.55. The average Bonchev–Trinajstić information content (AvgIpc) is 2.52. The predicted octanol–water partition coefficient (Wildman–Crippen LogP) is 2.10. The zero-order valence-electron chi connectivity index (χ0n) is 12.6. The van der Waals surface area contributed by atoms with Gasteiger partial charge >= 0.3 is 0 Å². The molecule has 2 atom stereocenters. The summed E-state index contributed by atoms with van der Waals surface area (Å²) < 4.78 is 0. The Hall–Kier alpha value is -1.42. The molecule has 21 heavy (non-hydrogen) atoms. The van der Waals surface area contributed by atoms with Crippen molar-refractivity contribution in [3.63, 3.8) is 0 Å². The van der Waals surface area contributed by atoms with Gasteiger partial charge in [-0.3, -0.25) is 4.90 Å². The van der Waals surface area contributed by atoms with Crippen molar-refractivity contribution >= 4 is 0 Å². The van der Waals surface area contributed by atoms with Gasteiger partial charge in [-0.15, -0.1) is 0 Å². The fraction of sp³-hybridized carbons (Fsp3) is 0.444. The maximum absolute atomic E-state index is 11.0. The Balaban J connectivity index is 1.77. The minimum atomic E-state index is -0.762. The van der Waals surface area contributed by atoms with Crippen LogP contribution in [0.5, 0.6) is 0 Å². The highest BCUT2D eigenvalue weighted by Crippen LogP contribution is 2.29. The van der Waals surface area contributed by atoms with Crippen molar-refractivity contribution in [3.8, 4) is 0 Å². The average molecular weight is 284 g/mol. The maximum Gasteiger partial charge on any atom is 0.103 e. The van der Waals surface area contributed by atoms with Crippen LogP contribution >= 0.6 is 0 Å². The predicted molar refractivity (Wildman–Crippen MR) is 86.0 cm³/mol. The van der Waals surface area contributed by atoms with Gasteiger partial charge < -0.3 is 10.4 Å². The van der Waals surface area contributed by atoms with Gasteiger partial charge in [-0.1, -0.05) is 54.1 Å². The molecule has 0 radical (unpaired) electrons. The SMILES string of the molecule is CC1=CC[C@@](O)([C@H]2CNCCN2Cc2ccccc2)C=C1. The van der Waals surface area contributed by atoms with E-state index in [9.17, 15) is 5.11 Å². The first-order valence-electron chi connectivity index (χ1n) is 7.74. The maximum atomic E-state index is 11.0. The van der Waals surface area contributed by atoms with Crippen molar-refractivity contribution in [2.75, 3.05) is 19.6 Å². The molecular formula is C18H24N2O. The molecule has 1 aliphatic carbocycles. The van der Waals surface area contributed by atoms with E-state index in [1.165, 1.54) is 11.1 Å². The zero-order valence-corrected chi connectivity index (χ0v) is 12.6. The lowest BCUT2D eigenvalue weighted by Crippen LogP contribution is -2.61. The molecule has 1 aromatic carbocycles.